The van der Waals surface area contributed by atoms with E-state index in [4.69, 9.17) is 4.74 Å². The lowest BCUT2D eigenvalue weighted by atomic mass is 10.2. The van der Waals surface area contributed by atoms with Gasteiger partial charge in [-0.15, -0.1) is 16.7 Å². The molecule has 2 aromatic carbocycles. The minimum Gasteiger partial charge on any atom is -0.497 e. The Kier molecular flexibility index (Phi) is 5.64. The van der Waals surface area contributed by atoms with Gasteiger partial charge in [0.25, 0.3) is 0 Å². The van der Waals surface area contributed by atoms with Crippen LogP contribution in [0.1, 0.15) is 5.56 Å². The summed E-state index contributed by atoms with van der Waals surface area (Å²) in [5.41, 5.74) is 2.62. The van der Waals surface area contributed by atoms with Crippen molar-refractivity contribution in [1.29, 1.82) is 0 Å². The van der Waals surface area contributed by atoms with E-state index >= 15 is 0 Å². The minimum absolute atomic E-state index is 0.688. The van der Waals surface area contributed by atoms with E-state index in [1.807, 2.05) is 36.4 Å². The van der Waals surface area contributed by atoms with E-state index in [1.165, 1.54) is 10.6 Å². The molecular formula is C19H17N3O2S. The van der Waals surface area contributed by atoms with Crippen molar-refractivity contribution in [3.63, 3.8) is 0 Å². The topological polar surface area (TPSA) is 54.8 Å². The summed E-state index contributed by atoms with van der Waals surface area (Å²) in [5, 5.41) is 4.49. The largest absolute Gasteiger partial charge is 0.497 e. The lowest BCUT2D eigenvalue weighted by Crippen LogP contribution is -2.07. The Bertz CT molecular complexity index is 808. The van der Waals surface area contributed by atoms with E-state index in [9.17, 15) is 4.91 Å². The average Bonchev–Trinajstić information content (AvgIpc) is 2.69. The van der Waals surface area contributed by atoms with Crippen LogP contribution in [0.2, 0.25) is 0 Å². The maximum atomic E-state index is 11.3. The molecule has 0 fully saturated rings. The van der Waals surface area contributed by atoms with Crippen LogP contribution in [-0.4, -0.2) is 12.1 Å². The smallest absolute Gasteiger partial charge is 0.119 e. The van der Waals surface area contributed by atoms with Gasteiger partial charge in [-0.3, -0.25) is 4.98 Å². The van der Waals surface area contributed by atoms with Gasteiger partial charge in [0.2, 0.25) is 0 Å². The van der Waals surface area contributed by atoms with Gasteiger partial charge in [-0.05, 0) is 66.2 Å². The molecule has 25 heavy (non-hydrogen) atoms. The molecule has 6 heteroatoms. The zero-order valence-electron chi connectivity index (χ0n) is 13.7. The zero-order chi connectivity index (χ0) is 17.5. The van der Waals surface area contributed by atoms with Crippen LogP contribution in [0.15, 0.2) is 83.2 Å². The van der Waals surface area contributed by atoms with Crippen LogP contribution in [0.25, 0.3) is 0 Å². The third-order valence-electron chi connectivity index (χ3n) is 3.63. The summed E-state index contributed by atoms with van der Waals surface area (Å²) in [4.78, 5) is 16.4. The summed E-state index contributed by atoms with van der Waals surface area (Å²) in [7, 11) is 1.60. The Labute approximate surface area is 150 Å². The monoisotopic (exact) mass is 351 g/mol. The number of benzene rings is 2. The van der Waals surface area contributed by atoms with Gasteiger partial charge < -0.3 is 4.74 Å². The normalized spacial score (nSPS) is 10.3. The molecule has 3 rings (SSSR count). The van der Waals surface area contributed by atoms with Crippen molar-refractivity contribution in [3.05, 3.63) is 83.5 Å². The Hall–Kier alpha value is -2.86. The molecule has 0 aliphatic carbocycles. The van der Waals surface area contributed by atoms with E-state index in [0.717, 1.165) is 16.4 Å². The average molecular weight is 351 g/mol. The third kappa shape index (κ3) is 4.36. The van der Waals surface area contributed by atoms with Crippen LogP contribution >= 0.6 is 11.8 Å². The molecule has 1 heterocycles. The summed E-state index contributed by atoms with van der Waals surface area (Å²) in [6, 6.07) is 19.0. The number of methoxy groups -OCH3 is 1. The molecule has 0 aliphatic rings. The highest BCUT2D eigenvalue weighted by atomic mass is 32.2. The Balaban J connectivity index is 1.70. The maximum Gasteiger partial charge on any atom is 0.119 e. The fourth-order valence-electron chi connectivity index (χ4n) is 2.30. The summed E-state index contributed by atoms with van der Waals surface area (Å²) in [6.45, 7) is 0. The van der Waals surface area contributed by atoms with Gasteiger partial charge >= 0.3 is 0 Å². The Morgan fingerprint density at radius 2 is 1.56 bits per heavy atom. The standard InChI is InChI=1S/C19H17N3O2S/c1-24-18-6-2-16(3-7-18)22(21-23)17-4-8-19(9-5-17)25-14-15-10-12-20-13-11-15/h2-13H,14H2,1H3. The fourth-order valence-corrected chi connectivity index (χ4v) is 3.15. The van der Waals surface area contributed by atoms with Gasteiger partial charge in [-0.1, -0.05) is 0 Å². The molecule has 0 spiro atoms. The summed E-state index contributed by atoms with van der Waals surface area (Å²) in [6.07, 6.45) is 3.59. The van der Waals surface area contributed by atoms with Crippen LogP contribution in [-0.2, 0) is 5.75 Å². The van der Waals surface area contributed by atoms with Gasteiger partial charge in [-0.25, -0.2) is 0 Å². The molecule has 0 aliphatic heterocycles. The molecule has 126 valence electrons. The first kappa shape index (κ1) is 17.0. The van der Waals surface area contributed by atoms with Gasteiger partial charge in [0.05, 0.1) is 23.8 Å². The number of hydrogen-bond donors (Lipinski definition) is 0. The summed E-state index contributed by atoms with van der Waals surface area (Å²) in [5.74, 6) is 1.60. The quantitative estimate of drug-likeness (QED) is 0.332. The van der Waals surface area contributed by atoms with Crippen LogP contribution in [0.3, 0.4) is 0 Å². The second kappa shape index (κ2) is 8.30. The van der Waals surface area contributed by atoms with Gasteiger partial charge in [0.15, 0.2) is 0 Å². The Morgan fingerprint density at radius 1 is 0.960 bits per heavy atom. The molecule has 0 unspecified atom stereocenters. The number of hydrogen-bond acceptors (Lipinski definition) is 5. The molecule has 3 aromatic rings. The molecular weight excluding hydrogens is 334 g/mol. The molecule has 1 aromatic heterocycles. The Morgan fingerprint density at radius 3 is 2.12 bits per heavy atom. The number of ether oxygens (including phenoxy) is 1. The lowest BCUT2D eigenvalue weighted by Gasteiger charge is -2.16. The van der Waals surface area contributed by atoms with Gasteiger partial charge in [0, 0.05) is 23.0 Å². The molecule has 5 nitrogen and oxygen atoms in total. The number of aromatic nitrogens is 1. The van der Waals surface area contributed by atoms with Crippen LogP contribution in [0.5, 0.6) is 5.75 Å². The maximum absolute atomic E-state index is 11.3. The number of nitroso groups, excluding NO2 is 1. The second-order valence-electron chi connectivity index (χ2n) is 5.23. The van der Waals surface area contributed by atoms with Crippen molar-refractivity contribution < 1.29 is 4.74 Å². The van der Waals surface area contributed by atoms with E-state index in [0.29, 0.717) is 11.4 Å². The number of rotatable bonds is 7. The second-order valence-corrected chi connectivity index (χ2v) is 6.28. The number of pyridine rings is 1. The molecule has 0 saturated heterocycles. The van der Waals surface area contributed by atoms with Crippen molar-refractivity contribution in [3.8, 4) is 5.75 Å². The van der Waals surface area contributed by atoms with Crippen LogP contribution in [0, 0.1) is 4.91 Å². The predicted molar refractivity (Wildman–Crippen MR) is 101 cm³/mol. The first-order chi connectivity index (χ1) is 12.3. The van der Waals surface area contributed by atoms with Gasteiger partial charge in [-0.2, -0.15) is 5.01 Å². The van der Waals surface area contributed by atoms with E-state index in [2.05, 4.69) is 10.3 Å². The predicted octanol–water partition coefficient (Wildman–Crippen LogP) is 5.20. The van der Waals surface area contributed by atoms with Crippen LogP contribution in [0.4, 0.5) is 11.4 Å². The van der Waals surface area contributed by atoms with Crippen molar-refractivity contribution in [2.45, 2.75) is 10.6 Å². The zero-order valence-corrected chi connectivity index (χ0v) is 14.5. The van der Waals surface area contributed by atoms with Gasteiger partial charge in [0.1, 0.15) is 5.75 Å². The molecule has 0 atom stereocenters. The van der Waals surface area contributed by atoms with Crippen molar-refractivity contribution in [2.24, 2.45) is 5.29 Å². The lowest BCUT2D eigenvalue weighted by molar-refractivity contribution is 0.415. The number of thioether (sulfide) groups is 1. The first-order valence-electron chi connectivity index (χ1n) is 7.69. The van der Waals surface area contributed by atoms with Crippen molar-refractivity contribution in [1.82, 2.24) is 4.98 Å². The highest BCUT2D eigenvalue weighted by Crippen LogP contribution is 2.30. The minimum atomic E-state index is 0.688. The van der Waals surface area contributed by atoms with Crippen molar-refractivity contribution >= 4 is 23.1 Å². The van der Waals surface area contributed by atoms with Crippen LogP contribution < -0.4 is 9.75 Å². The van der Waals surface area contributed by atoms with E-state index in [-0.39, 0.29) is 0 Å². The fraction of sp³-hybridized carbons (Fsp3) is 0.105. The summed E-state index contributed by atoms with van der Waals surface area (Å²) >= 11 is 1.73. The SMILES string of the molecule is COc1ccc(N(N=O)c2ccc(SCc3ccncc3)cc2)cc1. The molecule has 0 amide bonds. The number of anilines is 2. The number of nitrogens with zero attached hydrogens (tertiary/aromatic N) is 3. The van der Waals surface area contributed by atoms with E-state index in [1.54, 1.807) is 55.5 Å². The molecule has 0 saturated carbocycles. The molecule has 0 N–H and O–H groups in total. The highest BCUT2D eigenvalue weighted by Gasteiger charge is 2.10. The summed E-state index contributed by atoms with van der Waals surface area (Å²) < 4.78 is 5.13. The third-order valence-corrected chi connectivity index (χ3v) is 4.72. The van der Waals surface area contributed by atoms with E-state index < -0.39 is 0 Å². The molecule has 0 radical (unpaired) electrons. The van der Waals surface area contributed by atoms with Crippen molar-refractivity contribution in [2.75, 3.05) is 12.1 Å². The first-order valence-corrected chi connectivity index (χ1v) is 8.68. The highest BCUT2D eigenvalue weighted by molar-refractivity contribution is 7.98. The molecule has 0 bridgehead atoms.